The first-order chi connectivity index (χ1) is 28.3. The third-order valence-corrected chi connectivity index (χ3v) is 11.1. The minimum Gasteiger partial charge on any atom is -0.311 e. The van der Waals surface area contributed by atoms with Gasteiger partial charge in [0.1, 0.15) is 0 Å². The number of fused-ring (bicyclic) bond motifs is 2. The lowest BCUT2D eigenvalue weighted by Gasteiger charge is -2.46. The smallest absolute Gasteiger partial charge is 0.0914 e. The van der Waals surface area contributed by atoms with Crippen molar-refractivity contribution in [3.8, 4) is 22.4 Å². The molecule has 0 aliphatic carbocycles. The fourth-order valence-electron chi connectivity index (χ4n) is 8.57. The van der Waals surface area contributed by atoms with Crippen molar-refractivity contribution in [2.75, 3.05) is 9.80 Å². The standard InChI is InChI=1S/C54H39N3/c1-6-20-40(21-7-1)42-38-50(41-22-8-2-9-23-41)55-53(39-42)54(43-34-36-47(37-35-43)56(44-24-10-3-11-25-44)45-26-12-4-13-27-45)48-30-16-18-32-51(48)57(46-28-14-5-15-29-46)52-33-19-17-31-49(52)54/h1-39H. The summed E-state index contributed by atoms with van der Waals surface area (Å²) in [7, 11) is 0. The molecule has 0 unspecified atom stereocenters. The molecule has 57 heavy (non-hydrogen) atoms. The highest BCUT2D eigenvalue weighted by molar-refractivity contribution is 5.90. The first-order valence-corrected chi connectivity index (χ1v) is 19.5. The van der Waals surface area contributed by atoms with E-state index in [1.165, 1.54) is 11.1 Å². The summed E-state index contributed by atoms with van der Waals surface area (Å²) in [4.78, 5) is 10.4. The second kappa shape index (κ2) is 14.6. The minimum atomic E-state index is -0.796. The number of benzene rings is 8. The molecule has 1 aliphatic heterocycles. The van der Waals surface area contributed by atoms with Gasteiger partial charge in [0.25, 0.3) is 0 Å². The molecule has 1 aliphatic rings. The molecule has 3 nitrogen and oxygen atoms in total. The van der Waals surface area contributed by atoms with Gasteiger partial charge in [-0.15, -0.1) is 0 Å². The monoisotopic (exact) mass is 729 g/mol. The number of anilines is 6. The zero-order valence-corrected chi connectivity index (χ0v) is 31.4. The number of aromatic nitrogens is 1. The van der Waals surface area contributed by atoms with Crippen LogP contribution >= 0.6 is 0 Å². The molecular weight excluding hydrogens is 691 g/mol. The van der Waals surface area contributed by atoms with Crippen LogP contribution in [0.2, 0.25) is 0 Å². The van der Waals surface area contributed by atoms with Gasteiger partial charge in [0, 0.05) is 28.3 Å². The third kappa shape index (κ3) is 5.98. The zero-order valence-electron chi connectivity index (χ0n) is 31.4. The Hall–Kier alpha value is -7.49. The van der Waals surface area contributed by atoms with Crippen LogP contribution in [0.15, 0.2) is 237 Å². The minimum absolute atomic E-state index is 0.796. The van der Waals surface area contributed by atoms with Crippen LogP contribution in [0.1, 0.15) is 22.4 Å². The summed E-state index contributed by atoms with van der Waals surface area (Å²) in [5, 5.41) is 0. The summed E-state index contributed by atoms with van der Waals surface area (Å²) in [6.45, 7) is 0. The fraction of sp³-hybridized carbons (Fsp3) is 0.0185. The van der Waals surface area contributed by atoms with Crippen LogP contribution in [-0.4, -0.2) is 4.98 Å². The van der Waals surface area contributed by atoms with Crippen LogP contribution in [0.5, 0.6) is 0 Å². The van der Waals surface area contributed by atoms with Gasteiger partial charge in [-0.05, 0) is 101 Å². The quantitative estimate of drug-likeness (QED) is 0.155. The SMILES string of the molecule is c1ccc(-c2cc(-c3ccccc3)nc(C3(c4ccc(N(c5ccccc5)c5ccccc5)cc4)c4ccccc4N(c4ccccc4)c4ccccc43)c2)cc1. The first kappa shape index (κ1) is 34.0. The lowest BCUT2D eigenvalue weighted by Crippen LogP contribution is -2.38. The second-order valence-corrected chi connectivity index (χ2v) is 14.4. The van der Waals surface area contributed by atoms with E-state index in [9.17, 15) is 0 Å². The number of para-hydroxylation sites is 5. The van der Waals surface area contributed by atoms with Gasteiger partial charge in [-0.3, -0.25) is 4.98 Å². The van der Waals surface area contributed by atoms with E-state index in [0.29, 0.717) is 0 Å². The van der Waals surface area contributed by atoms with Crippen molar-refractivity contribution < 1.29 is 0 Å². The average molecular weight is 730 g/mol. The average Bonchev–Trinajstić information content (AvgIpc) is 3.30. The van der Waals surface area contributed by atoms with Gasteiger partial charge in [0.2, 0.25) is 0 Å². The van der Waals surface area contributed by atoms with Crippen LogP contribution in [0.4, 0.5) is 34.1 Å². The van der Waals surface area contributed by atoms with Crippen LogP contribution in [-0.2, 0) is 5.41 Å². The van der Waals surface area contributed by atoms with E-state index in [-0.39, 0.29) is 0 Å². The Labute approximate surface area is 334 Å². The molecule has 3 heteroatoms. The van der Waals surface area contributed by atoms with E-state index in [1.807, 2.05) is 0 Å². The Morgan fingerprint density at radius 2 is 0.807 bits per heavy atom. The number of hydrogen-bond acceptors (Lipinski definition) is 3. The van der Waals surface area contributed by atoms with E-state index in [0.717, 1.165) is 67.8 Å². The van der Waals surface area contributed by atoms with Crippen LogP contribution in [0.3, 0.4) is 0 Å². The molecule has 0 radical (unpaired) electrons. The van der Waals surface area contributed by atoms with Gasteiger partial charge in [-0.2, -0.15) is 0 Å². The Morgan fingerprint density at radius 1 is 0.368 bits per heavy atom. The number of hydrogen-bond donors (Lipinski definition) is 0. The molecule has 2 heterocycles. The highest BCUT2D eigenvalue weighted by Gasteiger charge is 2.48. The Morgan fingerprint density at radius 3 is 1.35 bits per heavy atom. The molecule has 0 atom stereocenters. The first-order valence-electron chi connectivity index (χ1n) is 19.5. The second-order valence-electron chi connectivity index (χ2n) is 14.4. The Kier molecular flexibility index (Phi) is 8.74. The Balaban J connectivity index is 1.28. The molecule has 0 saturated heterocycles. The summed E-state index contributed by atoms with van der Waals surface area (Å²) in [6, 6.07) is 84.6. The maximum absolute atomic E-state index is 5.72. The molecule has 1 aromatic heterocycles. The van der Waals surface area contributed by atoms with E-state index >= 15 is 0 Å². The molecule has 0 bridgehead atoms. The highest BCUT2D eigenvalue weighted by Crippen LogP contribution is 2.58. The lowest BCUT2D eigenvalue weighted by atomic mass is 9.63. The van der Waals surface area contributed by atoms with Crippen molar-refractivity contribution in [3.63, 3.8) is 0 Å². The lowest BCUT2D eigenvalue weighted by molar-refractivity contribution is 0.704. The van der Waals surface area contributed by atoms with Gasteiger partial charge in [0.05, 0.1) is 28.2 Å². The molecule has 0 N–H and O–H groups in total. The fourth-order valence-corrected chi connectivity index (χ4v) is 8.57. The molecule has 0 spiro atoms. The molecule has 0 amide bonds. The summed E-state index contributed by atoms with van der Waals surface area (Å²) in [5.74, 6) is 0. The largest absolute Gasteiger partial charge is 0.311 e. The predicted molar refractivity (Wildman–Crippen MR) is 236 cm³/mol. The van der Waals surface area contributed by atoms with E-state index in [1.54, 1.807) is 0 Å². The maximum Gasteiger partial charge on any atom is 0.0914 e. The van der Waals surface area contributed by atoms with E-state index < -0.39 is 5.41 Å². The van der Waals surface area contributed by atoms with Gasteiger partial charge < -0.3 is 9.80 Å². The maximum atomic E-state index is 5.72. The topological polar surface area (TPSA) is 19.4 Å². The van der Waals surface area contributed by atoms with Crippen LogP contribution in [0.25, 0.3) is 22.4 Å². The van der Waals surface area contributed by atoms with Gasteiger partial charge >= 0.3 is 0 Å². The van der Waals surface area contributed by atoms with Crippen molar-refractivity contribution in [1.29, 1.82) is 0 Å². The number of pyridine rings is 1. The molecule has 10 rings (SSSR count). The molecule has 8 aromatic carbocycles. The summed E-state index contributed by atoms with van der Waals surface area (Å²) < 4.78 is 0. The molecule has 9 aromatic rings. The van der Waals surface area contributed by atoms with Crippen molar-refractivity contribution in [1.82, 2.24) is 4.98 Å². The number of nitrogens with zero attached hydrogens (tertiary/aromatic N) is 3. The van der Waals surface area contributed by atoms with Crippen molar-refractivity contribution in [3.05, 3.63) is 259 Å². The molecule has 0 fully saturated rings. The summed E-state index contributed by atoms with van der Waals surface area (Å²) >= 11 is 0. The zero-order chi connectivity index (χ0) is 38.0. The van der Waals surface area contributed by atoms with Crippen molar-refractivity contribution >= 4 is 34.1 Å². The van der Waals surface area contributed by atoms with Crippen molar-refractivity contribution in [2.45, 2.75) is 5.41 Å². The van der Waals surface area contributed by atoms with Crippen molar-refractivity contribution in [2.24, 2.45) is 0 Å². The molecule has 0 saturated carbocycles. The van der Waals surface area contributed by atoms with Crippen LogP contribution < -0.4 is 9.80 Å². The Bertz CT molecular complexity index is 2620. The number of rotatable bonds is 8. The van der Waals surface area contributed by atoms with Gasteiger partial charge in [-0.25, -0.2) is 0 Å². The highest BCUT2D eigenvalue weighted by atomic mass is 15.2. The molecule has 270 valence electrons. The summed E-state index contributed by atoms with van der Waals surface area (Å²) in [5.41, 5.74) is 14.5. The predicted octanol–water partition coefficient (Wildman–Crippen LogP) is 14.1. The summed E-state index contributed by atoms with van der Waals surface area (Å²) in [6.07, 6.45) is 0. The van der Waals surface area contributed by atoms with Gasteiger partial charge in [0.15, 0.2) is 0 Å². The van der Waals surface area contributed by atoms with E-state index in [4.69, 9.17) is 4.98 Å². The normalized spacial score (nSPS) is 12.7. The van der Waals surface area contributed by atoms with Crippen LogP contribution in [0, 0.1) is 0 Å². The van der Waals surface area contributed by atoms with E-state index in [2.05, 4.69) is 246 Å². The molecular formula is C54H39N3. The third-order valence-electron chi connectivity index (χ3n) is 11.1. The van der Waals surface area contributed by atoms with Gasteiger partial charge in [-0.1, -0.05) is 164 Å².